The zero-order valence-corrected chi connectivity index (χ0v) is 12.7. The molecule has 1 heterocycles. The Bertz CT molecular complexity index is 496. The van der Waals surface area contributed by atoms with Crippen LogP contribution in [0.25, 0.3) is 0 Å². The number of nitrogens with one attached hydrogen (secondary N) is 1. The van der Waals surface area contributed by atoms with Crippen molar-refractivity contribution in [2.24, 2.45) is 5.41 Å². The number of amides is 1. The van der Waals surface area contributed by atoms with Gasteiger partial charge >= 0.3 is 0 Å². The Kier molecular flexibility index (Phi) is 4.33. The van der Waals surface area contributed by atoms with Gasteiger partial charge in [-0.1, -0.05) is 13.8 Å². The molecule has 0 radical (unpaired) electrons. The van der Waals surface area contributed by atoms with Gasteiger partial charge in [-0.05, 0) is 55.5 Å². The van der Waals surface area contributed by atoms with Crippen molar-refractivity contribution in [2.45, 2.75) is 33.6 Å². The van der Waals surface area contributed by atoms with E-state index in [1.54, 1.807) is 0 Å². The third-order valence-electron chi connectivity index (χ3n) is 3.87. The first-order valence-corrected chi connectivity index (χ1v) is 7.24. The molecule has 1 saturated heterocycles. The van der Waals surface area contributed by atoms with Crippen LogP contribution in [0.15, 0.2) is 18.2 Å². The number of nitrogens with zero attached hydrogens (tertiary/aromatic N) is 1. The maximum absolute atomic E-state index is 12.1. The fraction of sp³-hybridized carbons (Fsp3) is 0.562. The Morgan fingerprint density at radius 3 is 2.85 bits per heavy atom. The molecule has 3 N–H and O–H groups in total. The van der Waals surface area contributed by atoms with Crippen molar-refractivity contribution in [3.63, 3.8) is 0 Å². The molecule has 4 heteroatoms. The topological polar surface area (TPSA) is 58.4 Å². The van der Waals surface area contributed by atoms with E-state index in [9.17, 15) is 4.79 Å². The van der Waals surface area contributed by atoms with E-state index in [0.29, 0.717) is 12.0 Å². The van der Waals surface area contributed by atoms with E-state index < -0.39 is 0 Å². The lowest BCUT2D eigenvalue weighted by atomic mass is 9.84. The zero-order chi connectivity index (χ0) is 14.8. The Morgan fingerprint density at radius 1 is 1.45 bits per heavy atom. The number of nitrogen functional groups attached to an aromatic ring is 1. The largest absolute Gasteiger partial charge is 0.399 e. The molecule has 1 aromatic rings. The number of hydrogen-bond donors (Lipinski definition) is 2. The van der Waals surface area contributed by atoms with Crippen molar-refractivity contribution in [2.75, 3.05) is 30.7 Å². The molecule has 0 aliphatic carbocycles. The van der Waals surface area contributed by atoms with E-state index in [-0.39, 0.29) is 5.91 Å². The first-order chi connectivity index (χ1) is 9.35. The third kappa shape index (κ3) is 3.97. The molecule has 2 rings (SSSR count). The SMILES string of the molecule is Cc1cc(N)ccc1NC(=O)CN1CCCC(C)(C)C1. The van der Waals surface area contributed by atoms with Gasteiger partial charge in [-0.25, -0.2) is 0 Å². The lowest BCUT2D eigenvalue weighted by molar-refractivity contribution is -0.118. The minimum atomic E-state index is 0.0515. The number of carbonyl (C=O) groups is 1. The normalized spacial score (nSPS) is 18.8. The Morgan fingerprint density at radius 2 is 2.20 bits per heavy atom. The summed E-state index contributed by atoms with van der Waals surface area (Å²) in [4.78, 5) is 14.4. The first-order valence-electron chi connectivity index (χ1n) is 7.24. The van der Waals surface area contributed by atoms with Gasteiger partial charge < -0.3 is 11.1 Å². The van der Waals surface area contributed by atoms with E-state index in [2.05, 4.69) is 24.1 Å². The van der Waals surface area contributed by atoms with Crippen LogP contribution in [0.2, 0.25) is 0 Å². The number of benzene rings is 1. The number of hydrogen-bond acceptors (Lipinski definition) is 3. The van der Waals surface area contributed by atoms with Gasteiger partial charge in [0, 0.05) is 17.9 Å². The van der Waals surface area contributed by atoms with E-state index in [0.717, 1.165) is 30.0 Å². The summed E-state index contributed by atoms with van der Waals surface area (Å²) < 4.78 is 0. The predicted octanol–water partition coefficient (Wildman–Crippen LogP) is 2.64. The van der Waals surface area contributed by atoms with Gasteiger partial charge in [-0.15, -0.1) is 0 Å². The molecular formula is C16H25N3O. The molecule has 0 saturated carbocycles. The zero-order valence-electron chi connectivity index (χ0n) is 12.7. The molecule has 1 aliphatic heterocycles. The quantitative estimate of drug-likeness (QED) is 0.834. The highest BCUT2D eigenvalue weighted by molar-refractivity contribution is 5.93. The van der Waals surface area contributed by atoms with Gasteiger partial charge in [0.05, 0.1) is 6.54 Å². The van der Waals surface area contributed by atoms with Gasteiger partial charge in [-0.2, -0.15) is 0 Å². The average Bonchev–Trinajstić information content (AvgIpc) is 2.31. The van der Waals surface area contributed by atoms with Crippen LogP contribution in [0.1, 0.15) is 32.3 Å². The van der Waals surface area contributed by atoms with Crippen molar-refractivity contribution in [1.82, 2.24) is 4.90 Å². The monoisotopic (exact) mass is 275 g/mol. The van der Waals surface area contributed by atoms with Gasteiger partial charge in [0.15, 0.2) is 0 Å². The molecule has 0 spiro atoms. The molecule has 4 nitrogen and oxygen atoms in total. The summed E-state index contributed by atoms with van der Waals surface area (Å²) in [6.45, 7) is 8.95. The summed E-state index contributed by atoms with van der Waals surface area (Å²) in [5.74, 6) is 0.0515. The number of likely N-dealkylation sites (tertiary alicyclic amines) is 1. The molecule has 0 bridgehead atoms. The van der Waals surface area contributed by atoms with Gasteiger partial charge in [0.25, 0.3) is 0 Å². The lowest BCUT2D eigenvalue weighted by Gasteiger charge is -2.37. The van der Waals surface area contributed by atoms with Crippen molar-refractivity contribution in [3.8, 4) is 0 Å². The smallest absolute Gasteiger partial charge is 0.238 e. The summed E-state index contributed by atoms with van der Waals surface area (Å²) in [6, 6.07) is 5.55. The molecule has 1 fully saturated rings. The third-order valence-corrected chi connectivity index (χ3v) is 3.87. The minimum absolute atomic E-state index is 0.0515. The van der Waals surface area contributed by atoms with E-state index in [4.69, 9.17) is 5.73 Å². The van der Waals surface area contributed by atoms with Crippen LogP contribution >= 0.6 is 0 Å². The molecule has 1 amide bonds. The van der Waals surface area contributed by atoms with Gasteiger partial charge in [-0.3, -0.25) is 9.69 Å². The highest BCUT2D eigenvalue weighted by Crippen LogP contribution is 2.28. The Balaban J connectivity index is 1.92. The summed E-state index contributed by atoms with van der Waals surface area (Å²) in [5, 5.41) is 2.98. The second-order valence-corrected chi connectivity index (χ2v) is 6.60. The molecule has 110 valence electrons. The Hall–Kier alpha value is -1.55. The standard InChI is InChI=1S/C16H25N3O/c1-12-9-13(17)5-6-14(12)18-15(20)10-19-8-4-7-16(2,3)11-19/h5-6,9H,4,7-8,10-11,17H2,1-3H3,(H,18,20). The number of rotatable bonds is 3. The molecule has 20 heavy (non-hydrogen) atoms. The maximum atomic E-state index is 12.1. The Labute approximate surface area is 121 Å². The van der Waals surface area contributed by atoms with Crippen LogP contribution in [0.5, 0.6) is 0 Å². The highest BCUT2D eigenvalue weighted by atomic mass is 16.2. The van der Waals surface area contributed by atoms with Crippen molar-refractivity contribution < 1.29 is 4.79 Å². The molecule has 0 unspecified atom stereocenters. The second-order valence-electron chi connectivity index (χ2n) is 6.60. The van der Waals surface area contributed by atoms with Crippen LogP contribution in [0, 0.1) is 12.3 Å². The van der Waals surface area contributed by atoms with E-state index in [1.807, 2.05) is 25.1 Å². The fourth-order valence-electron chi connectivity index (χ4n) is 2.90. The number of carbonyl (C=O) groups excluding carboxylic acids is 1. The number of aryl methyl sites for hydroxylation is 1. The van der Waals surface area contributed by atoms with Crippen LogP contribution < -0.4 is 11.1 Å². The molecule has 0 aromatic heterocycles. The predicted molar refractivity (Wildman–Crippen MR) is 83.7 cm³/mol. The van der Waals surface area contributed by atoms with E-state index in [1.165, 1.54) is 12.8 Å². The molecule has 1 aliphatic rings. The molecule has 1 aromatic carbocycles. The van der Waals surface area contributed by atoms with Crippen molar-refractivity contribution in [3.05, 3.63) is 23.8 Å². The summed E-state index contributed by atoms with van der Waals surface area (Å²) in [6.07, 6.45) is 2.41. The summed E-state index contributed by atoms with van der Waals surface area (Å²) in [5.41, 5.74) is 8.60. The average molecular weight is 275 g/mol. The lowest BCUT2D eigenvalue weighted by Crippen LogP contribution is -2.43. The number of nitrogens with two attached hydrogens (primary N) is 1. The van der Waals surface area contributed by atoms with Crippen LogP contribution in [0.4, 0.5) is 11.4 Å². The van der Waals surface area contributed by atoms with Crippen LogP contribution in [-0.4, -0.2) is 30.4 Å². The minimum Gasteiger partial charge on any atom is -0.399 e. The van der Waals surface area contributed by atoms with Gasteiger partial charge in [0.2, 0.25) is 5.91 Å². The molecule has 0 atom stereocenters. The van der Waals surface area contributed by atoms with Crippen molar-refractivity contribution >= 4 is 17.3 Å². The number of anilines is 2. The van der Waals surface area contributed by atoms with Crippen molar-refractivity contribution in [1.29, 1.82) is 0 Å². The summed E-state index contributed by atoms with van der Waals surface area (Å²) in [7, 11) is 0. The number of piperidine rings is 1. The fourth-order valence-corrected chi connectivity index (χ4v) is 2.90. The van der Waals surface area contributed by atoms with E-state index >= 15 is 0 Å². The highest BCUT2D eigenvalue weighted by Gasteiger charge is 2.27. The first kappa shape index (κ1) is 14.9. The summed E-state index contributed by atoms with van der Waals surface area (Å²) >= 11 is 0. The maximum Gasteiger partial charge on any atom is 0.238 e. The van der Waals surface area contributed by atoms with Gasteiger partial charge in [0.1, 0.15) is 0 Å². The molecular weight excluding hydrogens is 250 g/mol. The van der Waals surface area contributed by atoms with Crippen LogP contribution in [-0.2, 0) is 4.79 Å². The van der Waals surface area contributed by atoms with Crippen LogP contribution in [0.3, 0.4) is 0 Å². The second kappa shape index (κ2) is 5.83.